The second-order valence-electron chi connectivity index (χ2n) is 5.00. The van der Waals surface area contributed by atoms with Crippen molar-refractivity contribution in [2.24, 2.45) is 5.92 Å². The van der Waals surface area contributed by atoms with E-state index in [9.17, 15) is 4.79 Å². The van der Waals surface area contributed by atoms with Gasteiger partial charge < -0.3 is 15.3 Å². The van der Waals surface area contributed by atoms with E-state index in [4.69, 9.17) is 16.7 Å². The zero-order chi connectivity index (χ0) is 12.7. The van der Waals surface area contributed by atoms with Crippen LogP contribution < -0.4 is 5.32 Å². The Morgan fingerprint density at radius 3 is 3.06 bits per heavy atom. The Morgan fingerprint density at radius 2 is 2.28 bits per heavy atom. The summed E-state index contributed by atoms with van der Waals surface area (Å²) in [5.74, 6) is 0.665. The average Bonchev–Trinajstić information content (AvgIpc) is 2.68. The predicted octanol–water partition coefficient (Wildman–Crippen LogP) is 2.85. The zero-order valence-corrected chi connectivity index (χ0v) is 10.7. The summed E-state index contributed by atoms with van der Waals surface area (Å²) in [6, 6.07) is 5.83. The van der Waals surface area contributed by atoms with Crippen LogP contribution >= 0.6 is 11.6 Å². The van der Waals surface area contributed by atoms with Gasteiger partial charge in [0.05, 0.1) is 0 Å². The standard InChI is InChI=1S/C13H15ClN2O2/c14-9-1-2-12-10(5-9)11-7-16(13(17)18)6-8(11)3-4-15-12/h1-2,5,8,11,15H,3-4,6-7H2,(H,17,18)/t8-,11-/m0/s1. The minimum Gasteiger partial charge on any atom is -0.465 e. The van der Waals surface area contributed by atoms with Gasteiger partial charge in [-0.3, -0.25) is 0 Å². The third kappa shape index (κ3) is 1.90. The molecule has 0 bridgehead atoms. The van der Waals surface area contributed by atoms with Crippen LogP contribution in [0, 0.1) is 5.92 Å². The maximum absolute atomic E-state index is 11.1. The molecule has 0 aliphatic carbocycles. The lowest BCUT2D eigenvalue weighted by molar-refractivity contribution is 0.153. The molecule has 1 saturated heterocycles. The normalized spacial score (nSPS) is 25.9. The topological polar surface area (TPSA) is 52.6 Å². The Hall–Kier alpha value is -1.42. The van der Waals surface area contributed by atoms with Gasteiger partial charge in [-0.1, -0.05) is 11.6 Å². The van der Waals surface area contributed by atoms with Gasteiger partial charge in [-0.15, -0.1) is 0 Å². The summed E-state index contributed by atoms with van der Waals surface area (Å²) in [5, 5.41) is 13.2. The largest absolute Gasteiger partial charge is 0.465 e. The molecule has 0 saturated carbocycles. The van der Waals surface area contributed by atoms with Gasteiger partial charge in [-0.05, 0) is 36.1 Å². The molecule has 1 amide bonds. The Morgan fingerprint density at radius 1 is 1.44 bits per heavy atom. The summed E-state index contributed by atoms with van der Waals surface area (Å²) >= 11 is 6.06. The van der Waals surface area contributed by atoms with Crippen molar-refractivity contribution < 1.29 is 9.90 Å². The predicted molar refractivity (Wildman–Crippen MR) is 70.4 cm³/mol. The fourth-order valence-electron chi connectivity index (χ4n) is 3.07. The van der Waals surface area contributed by atoms with Crippen molar-refractivity contribution in [2.75, 3.05) is 25.0 Å². The third-order valence-corrected chi connectivity index (χ3v) is 4.19. The molecule has 3 rings (SSSR count). The molecule has 5 heteroatoms. The Balaban J connectivity index is 1.97. The number of likely N-dealkylation sites (tertiary alicyclic amines) is 1. The molecular formula is C13H15ClN2O2. The van der Waals surface area contributed by atoms with Gasteiger partial charge in [0.2, 0.25) is 0 Å². The molecule has 2 aliphatic rings. The van der Waals surface area contributed by atoms with Crippen LogP contribution in [0.3, 0.4) is 0 Å². The Kier molecular flexibility index (Phi) is 2.82. The average molecular weight is 267 g/mol. The highest BCUT2D eigenvalue weighted by molar-refractivity contribution is 6.30. The number of hydrogen-bond donors (Lipinski definition) is 2. The second-order valence-corrected chi connectivity index (χ2v) is 5.44. The van der Waals surface area contributed by atoms with Crippen molar-refractivity contribution >= 4 is 23.4 Å². The summed E-state index contributed by atoms with van der Waals surface area (Å²) < 4.78 is 0. The van der Waals surface area contributed by atoms with Gasteiger partial charge in [0.1, 0.15) is 0 Å². The summed E-state index contributed by atoms with van der Waals surface area (Å²) in [7, 11) is 0. The first kappa shape index (κ1) is 11.7. The molecule has 1 fully saturated rings. The molecule has 0 radical (unpaired) electrons. The lowest BCUT2D eigenvalue weighted by atomic mass is 9.87. The maximum Gasteiger partial charge on any atom is 0.407 e. The van der Waals surface area contributed by atoms with Gasteiger partial charge in [0.15, 0.2) is 0 Å². The van der Waals surface area contributed by atoms with E-state index in [1.807, 2.05) is 18.2 Å². The van der Waals surface area contributed by atoms with Crippen molar-refractivity contribution in [1.82, 2.24) is 4.90 Å². The fraction of sp³-hybridized carbons (Fsp3) is 0.462. The molecule has 1 aromatic rings. The zero-order valence-electron chi connectivity index (χ0n) is 9.90. The van der Waals surface area contributed by atoms with E-state index in [-0.39, 0.29) is 5.92 Å². The van der Waals surface area contributed by atoms with Crippen LogP contribution in [-0.4, -0.2) is 35.7 Å². The monoisotopic (exact) mass is 266 g/mol. The van der Waals surface area contributed by atoms with Crippen LogP contribution in [0.15, 0.2) is 18.2 Å². The van der Waals surface area contributed by atoms with Crippen LogP contribution in [-0.2, 0) is 0 Å². The number of carbonyl (C=O) groups is 1. The molecule has 0 unspecified atom stereocenters. The molecule has 0 aromatic heterocycles. The number of rotatable bonds is 0. The minimum atomic E-state index is -0.820. The molecule has 0 spiro atoms. The summed E-state index contributed by atoms with van der Waals surface area (Å²) in [6.45, 7) is 2.10. The highest BCUT2D eigenvalue weighted by Crippen LogP contribution is 2.41. The van der Waals surface area contributed by atoms with Crippen molar-refractivity contribution in [2.45, 2.75) is 12.3 Å². The number of benzene rings is 1. The van der Waals surface area contributed by atoms with Gasteiger partial charge in [0.25, 0.3) is 0 Å². The lowest BCUT2D eigenvalue weighted by Gasteiger charge is -2.16. The first-order valence-electron chi connectivity index (χ1n) is 6.16. The van der Waals surface area contributed by atoms with Crippen LogP contribution in [0.1, 0.15) is 17.9 Å². The summed E-state index contributed by atoms with van der Waals surface area (Å²) in [5.41, 5.74) is 2.26. The van der Waals surface area contributed by atoms with E-state index in [1.165, 1.54) is 4.90 Å². The van der Waals surface area contributed by atoms with Crippen LogP contribution in [0.2, 0.25) is 5.02 Å². The van der Waals surface area contributed by atoms with Crippen molar-refractivity contribution in [3.63, 3.8) is 0 Å². The van der Waals surface area contributed by atoms with Crippen molar-refractivity contribution in [3.05, 3.63) is 28.8 Å². The first-order valence-corrected chi connectivity index (χ1v) is 6.54. The Labute approximate surface area is 111 Å². The molecule has 4 nitrogen and oxygen atoms in total. The lowest BCUT2D eigenvalue weighted by Crippen LogP contribution is -2.27. The molecule has 18 heavy (non-hydrogen) atoms. The number of nitrogens with zero attached hydrogens (tertiary/aromatic N) is 1. The minimum absolute atomic E-state index is 0.268. The van der Waals surface area contributed by atoms with Crippen LogP contribution in [0.4, 0.5) is 10.5 Å². The molecule has 2 atom stereocenters. The highest BCUT2D eigenvalue weighted by Gasteiger charge is 2.38. The summed E-state index contributed by atoms with van der Waals surface area (Å²) in [4.78, 5) is 12.6. The molecule has 2 heterocycles. The number of hydrogen-bond acceptors (Lipinski definition) is 2. The summed E-state index contributed by atoms with van der Waals surface area (Å²) in [6.07, 6.45) is 0.181. The molecule has 96 valence electrons. The van der Waals surface area contributed by atoms with E-state index in [1.54, 1.807) is 0 Å². The van der Waals surface area contributed by atoms with Crippen LogP contribution in [0.25, 0.3) is 0 Å². The first-order chi connectivity index (χ1) is 8.65. The number of halogens is 1. The number of anilines is 1. The van der Waals surface area contributed by atoms with E-state index in [2.05, 4.69) is 5.32 Å². The number of carboxylic acid groups (broad SMARTS) is 1. The molecular weight excluding hydrogens is 252 g/mol. The van der Waals surface area contributed by atoms with Gasteiger partial charge >= 0.3 is 6.09 Å². The van der Waals surface area contributed by atoms with Gasteiger partial charge in [-0.2, -0.15) is 0 Å². The molecule has 2 aliphatic heterocycles. The van der Waals surface area contributed by atoms with Crippen LogP contribution in [0.5, 0.6) is 0 Å². The quantitative estimate of drug-likeness (QED) is 0.759. The number of nitrogens with one attached hydrogen (secondary N) is 1. The second kappa shape index (κ2) is 4.35. The van der Waals surface area contributed by atoms with E-state index >= 15 is 0 Å². The SMILES string of the molecule is O=C(O)N1C[C@@H]2CCNc3ccc(Cl)cc3[C@H]2C1. The van der Waals surface area contributed by atoms with Gasteiger partial charge in [0, 0.05) is 36.3 Å². The smallest absolute Gasteiger partial charge is 0.407 e. The van der Waals surface area contributed by atoms with E-state index in [0.717, 1.165) is 24.2 Å². The van der Waals surface area contributed by atoms with E-state index < -0.39 is 6.09 Å². The highest BCUT2D eigenvalue weighted by atomic mass is 35.5. The molecule has 1 aromatic carbocycles. The van der Waals surface area contributed by atoms with Crippen molar-refractivity contribution in [1.29, 1.82) is 0 Å². The van der Waals surface area contributed by atoms with Gasteiger partial charge in [-0.25, -0.2) is 4.79 Å². The fourth-order valence-corrected chi connectivity index (χ4v) is 3.25. The maximum atomic E-state index is 11.1. The Bertz CT molecular complexity index is 492. The number of amides is 1. The van der Waals surface area contributed by atoms with E-state index in [0.29, 0.717) is 24.0 Å². The van der Waals surface area contributed by atoms with Crippen molar-refractivity contribution in [3.8, 4) is 0 Å². The molecule has 2 N–H and O–H groups in total. The number of fused-ring (bicyclic) bond motifs is 3. The third-order valence-electron chi connectivity index (χ3n) is 3.96.